The number of benzene rings is 1. The summed E-state index contributed by atoms with van der Waals surface area (Å²) in [6.45, 7) is 3.91. The van der Waals surface area contributed by atoms with Gasteiger partial charge in [-0.25, -0.2) is 8.42 Å². The van der Waals surface area contributed by atoms with Crippen molar-refractivity contribution in [2.24, 2.45) is 5.73 Å². The zero-order valence-corrected chi connectivity index (χ0v) is 12.2. The number of nitrogens with zero attached hydrogens (tertiary/aromatic N) is 1. The van der Waals surface area contributed by atoms with Crippen LogP contribution in [0.4, 0.5) is 5.69 Å². The van der Waals surface area contributed by atoms with Crippen LogP contribution in [0.25, 0.3) is 0 Å². The van der Waals surface area contributed by atoms with Crippen LogP contribution >= 0.6 is 0 Å². The van der Waals surface area contributed by atoms with Gasteiger partial charge in [0.2, 0.25) is 0 Å². The van der Waals surface area contributed by atoms with Gasteiger partial charge in [-0.1, -0.05) is 12.1 Å². The molecule has 1 aromatic heterocycles. The highest BCUT2D eigenvalue weighted by Crippen LogP contribution is 2.21. The summed E-state index contributed by atoms with van der Waals surface area (Å²) in [5.41, 5.74) is 8.43. The minimum atomic E-state index is -3.64. The third kappa shape index (κ3) is 2.97. The minimum Gasteiger partial charge on any atom is -0.326 e. The summed E-state index contributed by atoms with van der Waals surface area (Å²) in [4.78, 5) is 4.21. The summed E-state index contributed by atoms with van der Waals surface area (Å²) in [5.74, 6) is 0. The first-order chi connectivity index (χ1) is 9.44. The Kier molecular flexibility index (Phi) is 4.06. The van der Waals surface area contributed by atoms with Crippen molar-refractivity contribution in [1.82, 2.24) is 4.98 Å². The molecule has 0 radical (unpaired) electrons. The van der Waals surface area contributed by atoms with Gasteiger partial charge in [0.25, 0.3) is 10.0 Å². The molecular weight excluding hydrogens is 274 g/mol. The van der Waals surface area contributed by atoms with Gasteiger partial charge < -0.3 is 5.73 Å². The molecule has 0 bridgehead atoms. The number of hydrogen-bond donors (Lipinski definition) is 2. The average molecular weight is 291 g/mol. The molecule has 3 N–H and O–H groups in total. The molecule has 0 aliphatic carbocycles. The van der Waals surface area contributed by atoms with Crippen molar-refractivity contribution in [3.8, 4) is 0 Å². The molecule has 1 heterocycles. The van der Waals surface area contributed by atoms with Crippen LogP contribution in [-0.2, 0) is 16.6 Å². The standard InChI is InChI=1S/C14H17N3O2S/c1-10-6-13(9-16-8-10)17-20(18,19)14-5-3-4-12(7-15)11(14)2/h3-6,8-9,17H,7,15H2,1-2H3. The van der Waals surface area contributed by atoms with E-state index in [2.05, 4.69) is 9.71 Å². The number of sulfonamides is 1. The zero-order chi connectivity index (χ0) is 14.8. The Morgan fingerprint density at radius 2 is 2.00 bits per heavy atom. The number of pyridine rings is 1. The molecule has 0 amide bonds. The highest BCUT2D eigenvalue weighted by atomic mass is 32.2. The van der Waals surface area contributed by atoms with Gasteiger partial charge in [0.1, 0.15) is 0 Å². The summed E-state index contributed by atoms with van der Waals surface area (Å²) in [5, 5.41) is 0. The lowest BCUT2D eigenvalue weighted by Crippen LogP contribution is -2.15. The lowest BCUT2D eigenvalue weighted by molar-refractivity contribution is 0.600. The molecule has 0 atom stereocenters. The Morgan fingerprint density at radius 1 is 1.25 bits per heavy atom. The number of aryl methyl sites for hydroxylation is 1. The molecule has 0 aliphatic rings. The molecule has 0 spiro atoms. The summed E-state index contributed by atoms with van der Waals surface area (Å²) in [7, 11) is -3.64. The number of hydrogen-bond acceptors (Lipinski definition) is 4. The quantitative estimate of drug-likeness (QED) is 0.901. The smallest absolute Gasteiger partial charge is 0.262 e. The van der Waals surface area contributed by atoms with Gasteiger partial charge in [0.15, 0.2) is 0 Å². The van der Waals surface area contributed by atoms with E-state index in [9.17, 15) is 8.42 Å². The van der Waals surface area contributed by atoms with Crippen molar-refractivity contribution in [1.29, 1.82) is 0 Å². The maximum atomic E-state index is 12.4. The van der Waals surface area contributed by atoms with Crippen molar-refractivity contribution < 1.29 is 8.42 Å². The lowest BCUT2D eigenvalue weighted by Gasteiger charge is -2.12. The monoisotopic (exact) mass is 291 g/mol. The van der Waals surface area contributed by atoms with E-state index in [1.165, 1.54) is 6.20 Å². The Bertz CT molecular complexity index is 727. The maximum Gasteiger partial charge on any atom is 0.262 e. The molecule has 6 heteroatoms. The number of anilines is 1. The summed E-state index contributed by atoms with van der Waals surface area (Å²) >= 11 is 0. The van der Waals surface area contributed by atoms with E-state index in [0.29, 0.717) is 17.8 Å². The van der Waals surface area contributed by atoms with Crippen LogP contribution < -0.4 is 10.5 Å². The van der Waals surface area contributed by atoms with Crippen molar-refractivity contribution in [2.75, 3.05) is 4.72 Å². The third-order valence-electron chi connectivity index (χ3n) is 3.03. The molecule has 5 nitrogen and oxygen atoms in total. The first-order valence-electron chi connectivity index (χ1n) is 6.17. The SMILES string of the molecule is Cc1cncc(NS(=O)(=O)c2cccc(CN)c2C)c1. The van der Waals surface area contributed by atoms with E-state index in [4.69, 9.17) is 5.73 Å². The normalized spacial score (nSPS) is 11.3. The van der Waals surface area contributed by atoms with Crippen LogP contribution in [0.5, 0.6) is 0 Å². The van der Waals surface area contributed by atoms with E-state index in [0.717, 1.165) is 11.1 Å². The third-order valence-corrected chi connectivity index (χ3v) is 4.56. The number of nitrogens with one attached hydrogen (secondary N) is 1. The van der Waals surface area contributed by atoms with E-state index < -0.39 is 10.0 Å². The van der Waals surface area contributed by atoms with E-state index in [-0.39, 0.29) is 4.90 Å². The van der Waals surface area contributed by atoms with Gasteiger partial charge in [0.05, 0.1) is 16.8 Å². The van der Waals surface area contributed by atoms with Gasteiger partial charge in [-0.05, 0) is 42.7 Å². The van der Waals surface area contributed by atoms with Crippen molar-refractivity contribution in [3.05, 3.63) is 53.3 Å². The molecule has 0 unspecified atom stereocenters. The largest absolute Gasteiger partial charge is 0.326 e. The molecule has 0 saturated carbocycles. The Labute approximate surface area is 118 Å². The highest BCUT2D eigenvalue weighted by molar-refractivity contribution is 7.92. The average Bonchev–Trinajstić information content (AvgIpc) is 2.38. The van der Waals surface area contributed by atoms with Gasteiger partial charge >= 0.3 is 0 Å². The number of nitrogens with two attached hydrogens (primary N) is 1. The predicted molar refractivity (Wildman–Crippen MR) is 78.9 cm³/mol. The molecule has 0 saturated heterocycles. The number of aromatic nitrogens is 1. The fourth-order valence-electron chi connectivity index (χ4n) is 1.99. The lowest BCUT2D eigenvalue weighted by atomic mass is 10.1. The summed E-state index contributed by atoms with van der Waals surface area (Å²) in [6.07, 6.45) is 3.14. The van der Waals surface area contributed by atoms with Crippen LogP contribution in [-0.4, -0.2) is 13.4 Å². The second kappa shape index (κ2) is 5.60. The van der Waals surface area contributed by atoms with E-state index >= 15 is 0 Å². The molecule has 106 valence electrons. The second-order valence-electron chi connectivity index (χ2n) is 4.60. The van der Waals surface area contributed by atoms with Gasteiger partial charge in [0, 0.05) is 12.7 Å². The molecule has 0 fully saturated rings. The Balaban J connectivity index is 2.41. The van der Waals surface area contributed by atoms with Crippen LogP contribution in [0.2, 0.25) is 0 Å². The van der Waals surface area contributed by atoms with Crippen LogP contribution in [0.15, 0.2) is 41.6 Å². The fraction of sp³-hybridized carbons (Fsp3) is 0.214. The number of rotatable bonds is 4. The Morgan fingerprint density at radius 3 is 2.65 bits per heavy atom. The maximum absolute atomic E-state index is 12.4. The molecule has 2 rings (SSSR count). The van der Waals surface area contributed by atoms with Crippen LogP contribution in [0.1, 0.15) is 16.7 Å². The zero-order valence-electron chi connectivity index (χ0n) is 11.4. The molecule has 0 aliphatic heterocycles. The van der Waals surface area contributed by atoms with E-state index in [1.807, 2.05) is 13.0 Å². The summed E-state index contributed by atoms with van der Waals surface area (Å²) in [6, 6.07) is 6.81. The van der Waals surface area contributed by atoms with E-state index in [1.54, 1.807) is 31.3 Å². The molecule has 1 aromatic carbocycles. The van der Waals surface area contributed by atoms with Gasteiger partial charge in [-0.15, -0.1) is 0 Å². The minimum absolute atomic E-state index is 0.238. The fourth-order valence-corrected chi connectivity index (χ4v) is 3.32. The topological polar surface area (TPSA) is 85.1 Å². The summed E-state index contributed by atoms with van der Waals surface area (Å²) < 4.78 is 27.4. The molecule has 20 heavy (non-hydrogen) atoms. The van der Waals surface area contributed by atoms with Crippen molar-refractivity contribution in [3.63, 3.8) is 0 Å². The van der Waals surface area contributed by atoms with Crippen LogP contribution in [0.3, 0.4) is 0 Å². The first-order valence-corrected chi connectivity index (χ1v) is 7.65. The highest BCUT2D eigenvalue weighted by Gasteiger charge is 2.18. The van der Waals surface area contributed by atoms with Crippen molar-refractivity contribution >= 4 is 15.7 Å². The van der Waals surface area contributed by atoms with Gasteiger partial charge in [-0.2, -0.15) is 0 Å². The second-order valence-corrected chi connectivity index (χ2v) is 6.25. The molecular formula is C14H17N3O2S. The van der Waals surface area contributed by atoms with Crippen LogP contribution in [0, 0.1) is 13.8 Å². The first kappa shape index (κ1) is 14.5. The van der Waals surface area contributed by atoms with Crippen molar-refractivity contribution in [2.45, 2.75) is 25.3 Å². The molecule has 2 aromatic rings. The predicted octanol–water partition coefficient (Wildman–Crippen LogP) is 1.96. The van der Waals surface area contributed by atoms with Gasteiger partial charge in [-0.3, -0.25) is 9.71 Å². The Hall–Kier alpha value is -1.92.